The molecular weight excluding hydrogens is 432 g/mol. The van der Waals surface area contributed by atoms with E-state index in [1.807, 2.05) is 6.92 Å². The van der Waals surface area contributed by atoms with Crippen LogP contribution in [-0.4, -0.2) is 73.1 Å². The fraction of sp³-hybridized carbons (Fsp3) is 0.667. The second-order valence-electron chi connectivity index (χ2n) is 8.58. The lowest BCUT2D eigenvalue weighted by molar-refractivity contribution is -0.119. The first kappa shape index (κ1) is 25.0. The smallest absolute Gasteiger partial charge is 0.233 e. The van der Waals surface area contributed by atoms with Gasteiger partial charge in [-0.2, -0.15) is 9.97 Å². The van der Waals surface area contributed by atoms with Gasteiger partial charge in [-0.05, 0) is 6.42 Å². The fourth-order valence-corrected chi connectivity index (χ4v) is 3.29. The van der Waals surface area contributed by atoms with Gasteiger partial charge in [0.15, 0.2) is 23.2 Å². The molecule has 33 heavy (non-hydrogen) atoms. The molecule has 2 aromatic rings. The second-order valence-corrected chi connectivity index (χ2v) is 8.58. The normalized spacial score (nSPS) is 22.9. The number of aromatic nitrogens is 4. The van der Waals surface area contributed by atoms with Crippen LogP contribution >= 0.6 is 0 Å². The van der Waals surface area contributed by atoms with Crippen molar-refractivity contribution < 1.29 is 29.3 Å². The number of hydrogen-bond acceptors (Lipinski definition) is 9. The molecule has 4 atom stereocenters. The number of nitrogens with one attached hydrogen (secondary N) is 2. The number of nitrogens with zero attached hydrogens (tertiary/aromatic N) is 4. The van der Waals surface area contributed by atoms with Crippen LogP contribution in [0, 0.1) is 11.8 Å². The molecule has 3 rings (SSSR count). The first-order chi connectivity index (χ1) is 15.7. The number of fused-ring (bicyclic) bond motifs is 1. The molecule has 0 aromatic carbocycles. The summed E-state index contributed by atoms with van der Waals surface area (Å²) in [5.74, 6) is -1.06. The average molecular weight is 465 g/mol. The predicted molar refractivity (Wildman–Crippen MR) is 119 cm³/mol. The molecule has 1 fully saturated rings. The van der Waals surface area contributed by atoms with E-state index in [9.17, 15) is 19.8 Å². The van der Waals surface area contributed by atoms with Gasteiger partial charge in [0.2, 0.25) is 17.8 Å². The van der Waals surface area contributed by atoms with Gasteiger partial charge < -0.3 is 25.0 Å². The molecule has 1 unspecified atom stereocenters. The van der Waals surface area contributed by atoms with Gasteiger partial charge in [0.05, 0.1) is 12.9 Å². The SMILES string of the molecule is CCCO[C@H]1C(n2cnc3c(NC(=O)C(C)C)nc(NC(=O)C(C)C)nc32)O[C@H](CO)[C@H]1O. The van der Waals surface area contributed by atoms with E-state index in [0.717, 1.165) is 6.42 Å². The second kappa shape index (κ2) is 10.5. The highest BCUT2D eigenvalue weighted by Crippen LogP contribution is 2.34. The molecule has 1 aliphatic heterocycles. The number of rotatable bonds is 9. The number of amides is 2. The topological polar surface area (TPSA) is 161 Å². The van der Waals surface area contributed by atoms with Crippen molar-refractivity contribution in [2.24, 2.45) is 11.8 Å². The van der Waals surface area contributed by atoms with Crippen molar-refractivity contribution in [2.45, 2.75) is 65.6 Å². The minimum Gasteiger partial charge on any atom is -0.394 e. The third-order valence-electron chi connectivity index (χ3n) is 5.23. The van der Waals surface area contributed by atoms with Gasteiger partial charge in [0.25, 0.3) is 0 Å². The number of aliphatic hydroxyl groups is 2. The van der Waals surface area contributed by atoms with Crippen molar-refractivity contribution in [1.82, 2.24) is 19.5 Å². The molecule has 182 valence electrons. The van der Waals surface area contributed by atoms with Crippen LogP contribution in [0.1, 0.15) is 47.3 Å². The largest absolute Gasteiger partial charge is 0.394 e. The first-order valence-corrected chi connectivity index (χ1v) is 11.1. The Morgan fingerprint density at radius 2 is 1.85 bits per heavy atom. The summed E-state index contributed by atoms with van der Waals surface area (Å²) >= 11 is 0. The van der Waals surface area contributed by atoms with Gasteiger partial charge in [0.1, 0.15) is 18.3 Å². The summed E-state index contributed by atoms with van der Waals surface area (Å²) in [6.07, 6.45) is -1.37. The molecule has 12 nitrogen and oxygen atoms in total. The van der Waals surface area contributed by atoms with E-state index in [1.165, 1.54) is 6.33 Å². The summed E-state index contributed by atoms with van der Waals surface area (Å²) in [5, 5.41) is 25.6. The number of carbonyl (C=O) groups excluding carboxylic acids is 2. The van der Waals surface area contributed by atoms with Crippen molar-refractivity contribution in [3.05, 3.63) is 6.33 Å². The number of carbonyl (C=O) groups is 2. The average Bonchev–Trinajstić information content (AvgIpc) is 3.32. The van der Waals surface area contributed by atoms with E-state index in [-0.39, 0.29) is 46.6 Å². The van der Waals surface area contributed by atoms with Crippen LogP contribution < -0.4 is 10.6 Å². The van der Waals surface area contributed by atoms with Crippen LogP contribution in [0.2, 0.25) is 0 Å². The molecule has 1 aliphatic rings. The molecule has 0 bridgehead atoms. The highest BCUT2D eigenvalue weighted by Gasteiger charge is 2.46. The van der Waals surface area contributed by atoms with Crippen LogP contribution in [0.4, 0.5) is 11.8 Å². The highest BCUT2D eigenvalue weighted by molar-refractivity contribution is 5.99. The molecule has 12 heteroatoms. The summed E-state index contributed by atoms with van der Waals surface area (Å²) in [5.41, 5.74) is 0.551. The molecule has 1 saturated heterocycles. The summed E-state index contributed by atoms with van der Waals surface area (Å²) in [6, 6.07) is 0. The molecule has 0 radical (unpaired) electrons. The molecule has 0 spiro atoms. The number of aliphatic hydroxyl groups excluding tert-OH is 2. The Morgan fingerprint density at radius 3 is 2.45 bits per heavy atom. The highest BCUT2D eigenvalue weighted by atomic mass is 16.6. The Kier molecular flexibility index (Phi) is 7.95. The van der Waals surface area contributed by atoms with E-state index in [1.54, 1.807) is 32.3 Å². The van der Waals surface area contributed by atoms with Crippen molar-refractivity contribution in [3.63, 3.8) is 0 Å². The Balaban J connectivity index is 2.08. The quantitative estimate of drug-likeness (QED) is 0.425. The molecule has 4 N–H and O–H groups in total. The summed E-state index contributed by atoms with van der Waals surface area (Å²) in [6.45, 7) is 8.88. The zero-order chi connectivity index (χ0) is 24.3. The van der Waals surface area contributed by atoms with Crippen molar-refractivity contribution in [2.75, 3.05) is 23.8 Å². The maximum Gasteiger partial charge on any atom is 0.233 e. The zero-order valence-electron chi connectivity index (χ0n) is 19.5. The maximum absolute atomic E-state index is 12.4. The van der Waals surface area contributed by atoms with E-state index < -0.39 is 31.1 Å². The molecule has 2 amide bonds. The summed E-state index contributed by atoms with van der Waals surface area (Å²) < 4.78 is 13.2. The molecule has 2 aromatic heterocycles. The van der Waals surface area contributed by atoms with Crippen LogP contribution in [0.3, 0.4) is 0 Å². The monoisotopic (exact) mass is 464 g/mol. The summed E-state index contributed by atoms with van der Waals surface area (Å²) in [4.78, 5) is 37.7. The van der Waals surface area contributed by atoms with Gasteiger partial charge in [-0.3, -0.25) is 19.5 Å². The van der Waals surface area contributed by atoms with E-state index in [0.29, 0.717) is 6.61 Å². The standard InChI is InChI=1S/C21H32N6O6/c1-6-7-32-15-14(29)12(8-28)33-20(15)27-9-22-13-16(23-18(30)10(2)3)24-21(25-17(13)27)26-19(31)11(4)5/h9-12,14-15,20,28-29H,6-8H2,1-5H3,(H2,23,24,25,26,30,31)/t12-,14-,15-,20?/m1/s1. The minimum atomic E-state index is -1.06. The number of anilines is 2. The van der Waals surface area contributed by atoms with Gasteiger partial charge in [-0.25, -0.2) is 4.98 Å². The number of imidazole rings is 1. The fourth-order valence-electron chi connectivity index (χ4n) is 3.29. The van der Waals surface area contributed by atoms with Crippen LogP contribution in [0.5, 0.6) is 0 Å². The third-order valence-corrected chi connectivity index (χ3v) is 5.23. The van der Waals surface area contributed by atoms with Crippen molar-refractivity contribution >= 4 is 34.7 Å². The predicted octanol–water partition coefficient (Wildman–Crippen LogP) is 1.06. The molecular formula is C21H32N6O6. The maximum atomic E-state index is 12.4. The lowest BCUT2D eigenvalue weighted by Crippen LogP contribution is -2.35. The summed E-state index contributed by atoms with van der Waals surface area (Å²) in [7, 11) is 0. The first-order valence-electron chi connectivity index (χ1n) is 11.1. The van der Waals surface area contributed by atoms with Gasteiger partial charge in [-0.1, -0.05) is 34.6 Å². The van der Waals surface area contributed by atoms with Crippen molar-refractivity contribution in [1.29, 1.82) is 0 Å². The Hall–Kier alpha value is -2.67. The molecule has 0 saturated carbocycles. The Bertz CT molecular complexity index is 993. The number of hydrogen-bond donors (Lipinski definition) is 4. The van der Waals surface area contributed by atoms with Crippen LogP contribution in [0.25, 0.3) is 11.2 Å². The lowest BCUT2D eigenvalue weighted by atomic mass is 10.1. The molecule has 0 aliphatic carbocycles. The van der Waals surface area contributed by atoms with Gasteiger partial charge in [0, 0.05) is 18.4 Å². The lowest BCUT2D eigenvalue weighted by Gasteiger charge is -2.22. The van der Waals surface area contributed by atoms with E-state index in [2.05, 4.69) is 25.6 Å². The van der Waals surface area contributed by atoms with Crippen LogP contribution in [0.15, 0.2) is 6.33 Å². The number of ether oxygens (including phenoxy) is 2. The van der Waals surface area contributed by atoms with Gasteiger partial charge >= 0.3 is 0 Å². The molecule has 3 heterocycles. The Morgan fingerprint density at radius 1 is 1.18 bits per heavy atom. The van der Waals surface area contributed by atoms with Crippen molar-refractivity contribution in [3.8, 4) is 0 Å². The van der Waals surface area contributed by atoms with Gasteiger partial charge in [-0.15, -0.1) is 0 Å². The van der Waals surface area contributed by atoms with E-state index in [4.69, 9.17) is 9.47 Å². The zero-order valence-corrected chi connectivity index (χ0v) is 19.5. The van der Waals surface area contributed by atoms with Crippen LogP contribution in [-0.2, 0) is 19.1 Å². The Labute approximate surface area is 191 Å². The van der Waals surface area contributed by atoms with E-state index >= 15 is 0 Å². The minimum absolute atomic E-state index is 0.00899. The third kappa shape index (κ3) is 5.29.